The molecule has 1 aliphatic rings. The van der Waals surface area contributed by atoms with Gasteiger partial charge in [0.1, 0.15) is 7.05 Å². The maximum Gasteiger partial charge on any atom is 0.220 e. The van der Waals surface area contributed by atoms with Crippen molar-refractivity contribution >= 4 is 10.8 Å². The summed E-state index contributed by atoms with van der Waals surface area (Å²) in [6, 6.07) is 22.5. The third-order valence-electron chi connectivity index (χ3n) is 6.52. The number of aromatic nitrogens is 1. The summed E-state index contributed by atoms with van der Waals surface area (Å²) in [5, 5.41) is 2.16. The van der Waals surface area contributed by atoms with Gasteiger partial charge in [-0.05, 0) is 52.3 Å². The molecule has 1 aromatic heterocycles. The summed E-state index contributed by atoms with van der Waals surface area (Å²) < 4.78 is 10.8. The van der Waals surface area contributed by atoms with Gasteiger partial charge in [0.05, 0.1) is 12.3 Å². The second-order valence-electron chi connectivity index (χ2n) is 8.55. The van der Waals surface area contributed by atoms with E-state index in [0.29, 0.717) is 6.04 Å². The molecule has 0 radical (unpaired) electrons. The fourth-order valence-electron chi connectivity index (χ4n) is 4.86. The van der Waals surface area contributed by atoms with Crippen molar-refractivity contribution in [1.82, 2.24) is 0 Å². The van der Waals surface area contributed by atoms with Crippen LogP contribution >= 0.6 is 0 Å². The second-order valence-corrected chi connectivity index (χ2v) is 8.55. The molecule has 28 heavy (non-hydrogen) atoms. The fourth-order valence-corrected chi connectivity index (χ4v) is 4.86. The normalized spacial score (nSPS) is 14.7. The molecule has 138 valence electrons. The van der Waals surface area contributed by atoms with E-state index in [2.05, 4.69) is 87.0 Å². The predicted molar refractivity (Wildman–Crippen MR) is 118 cm³/mol. The minimum absolute atomic E-state index is 0.0207. The number of benzene rings is 3. The van der Waals surface area contributed by atoms with E-state index in [1.165, 1.54) is 39.1 Å². The van der Waals surface area contributed by atoms with Crippen LogP contribution < -0.4 is 4.57 Å². The number of rotatable bonds is 1. The van der Waals surface area contributed by atoms with Gasteiger partial charge in [0.15, 0.2) is 5.69 Å². The van der Waals surface area contributed by atoms with E-state index < -0.39 is 0 Å². The molecular weight excluding hydrogens is 338 g/mol. The van der Waals surface area contributed by atoms with Crippen molar-refractivity contribution in [3.05, 3.63) is 89.1 Å². The van der Waals surface area contributed by atoms with E-state index in [9.17, 15) is 0 Å². The zero-order valence-corrected chi connectivity index (χ0v) is 17.2. The van der Waals surface area contributed by atoms with E-state index in [4.69, 9.17) is 1.37 Å². The quantitative estimate of drug-likeness (QED) is 0.351. The van der Waals surface area contributed by atoms with Crippen LogP contribution in [-0.4, -0.2) is 0 Å². The van der Waals surface area contributed by atoms with Gasteiger partial charge in [-0.25, -0.2) is 0 Å². The highest BCUT2D eigenvalue weighted by Crippen LogP contribution is 2.50. The van der Waals surface area contributed by atoms with E-state index in [0.717, 1.165) is 16.5 Å². The first-order valence-corrected chi connectivity index (χ1v) is 9.95. The van der Waals surface area contributed by atoms with Crippen molar-refractivity contribution in [2.75, 3.05) is 0 Å². The second kappa shape index (κ2) is 5.78. The highest BCUT2D eigenvalue weighted by Gasteiger charge is 2.36. The number of fused-ring (bicyclic) bond motifs is 4. The van der Waals surface area contributed by atoms with Crippen LogP contribution in [0.2, 0.25) is 0 Å². The van der Waals surface area contributed by atoms with Crippen LogP contribution in [0.4, 0.5) is 0 Å². The summed E-state index contributed by atoms with van der Waals surface area (Å²) in [6.07, 6.45) is 0. The summed E-state index contributed by atoms with van der Waals surface area (Å²) >= 11 is 0. The van der Waals surface area contributed by atoms with Crippen LogP contribution in [0.25, 0.3) is 33.2 Å². The molecule has 0 amide bonds. The first kappa shape index (κ1) is 16.1. The highest BCUT2D eigenvalue weighted by atomic mass is 14.9. The molecule has 0 aliphatic heterocycles. The summed E-state index contributed by atoms with van der Waals surface area (Å²) in [5.74, 6) is 0. The maximum absolute atomic E-state index is 8.59. The molecule has 1 heteroatoms. The summed E-state index contributed by atoms with van der Waals surface area (Å²) in [7, 11) is 2.09. The molecule has 0 saturated heterocycles. The zero-order valence-electron chi connectivity index (χ0n) is 18.2. The Hall–Kier alpha value is -2.93. The van der Waals surface area contributed by atoms with Gasteiger partial charge in [-0.15, -0.1) is 0 Å². The number of nitrogens with zero attached hydrogens (tertiary/aromatic N) is 1. The topological polar surface area (TPSA) is 3.88 Å². The molecule has 5 rings (SSSR count). The van der Waals surface area contributed by atoms with E-state index in [1.54, 1.807) is 0 Å². The first-order valence-electron chi connectivity index (χ1n) is 10.5. The molecule has 0 atom stereocenters. The number of hydrogen-bond acceptors (Lipinski definition) is 0. The van der Waals surface area contributed by atoms with Crippen LogP contribution in [-0.2, 0) is 12.5 Å². The van der Waals surface area contributed by atoms with Gasteiger partial charge in [-0.1, -0.05) is 62.4 Å². The van der Waals surface area contributed by atoms with Gasteiger partial charge in [-0.2, -0.15) is 4.57 Å². The Labute approximate surface area is 168 Å². The number of pyridine rings is 1. The Morgan fingerprint density at radius 1 is 0.821 bits per heavy atom. The van der Waals surface area contributed by atoms with E-state index in [-0.39, 0.29) is 5.41 Å². The lowest BCUT2D eigenvalue weighted by Gasteiger charge is -2.22. The number of aryl methyl sites for hydroxylation is 1. The lowest BCUT2D eigenvalue weighted by molar-refractivity contribution is -0.665. The predicted octanol–water partition coefficient (Wildman–Crippen LogP) is 6.25. The van der Waals surface area contributed by atoms with Gasteiger partial charge >= 0.3 is 0 Å². The Balaban J connectivity index is 1.87. The third kappa shape index (κ3) is 2.22. The van der Waals surface area contributed by atoms with Gasteiger partial charge in [0.2, 0.25) is 5.69 Å². The molecule has 0 fully saturated rings. The molecule has 1 nitrogen and oxygen atoms in total. The molecule has 0 bridgehead atoms. The average Bonchev–Trinajstić information content (AvgIpc) is 2.94. The molecule has 0 spiro atoms. The SMILES string of the molecule is [2H]c1c(C)[n+](C)c(-c2cc3c(cc2C)-c2ccccc2C3(C)C)c2ccccc12. The first-order chi connectivity index (χ1) is 13.8. The third-order valence-corrected chi connectivity index (χ3v) is 6.52. The van der Waals surface area contributed by atoms with Crippen molar-refractivity contribution in [3.8, 4) is 22.4 Å². The lowest BCUT2D eigenvalue weighted by Crippen LogP contribution is -2.35. The van der Waals surface area contributed by atoms with Crippen molar-refractivity contribution in [3.63, 3.8) is 0 Å². The van der Waals surface area contributed by atoms with Gasteiger partial charge in [0.25, 0.3) is 0 Å². The summed E-state index contributed by atoms with van der Waals surface area (Å²) in [4.78, 5) is 0. The molecule has 1 heterocycles. The largest absolute Gasteiger partial charge is 0.220 e. The van der Waals surface area contributed by atoms with Crippen LogP contribution in [0.5, 0.6) is 0 Å². The fraction of sp³-hybridized carbons (Fsp3) is 0.222. The van der Waals surface area contributed by atoms with Crippen molar-refractivity contribution < 1.29 is 5.94 Å². The summed E-state index contributed by atoms with van der Waals surface area (Å²) in [6.45, 7) is 8.91. The molecular formula is C27H26N+. The van der Waals surface area contributed by atoms with Gasteiger partial charge < -0.3 is 0 Å². The highest BCUT2D eigenvalue weighted by molar-refractivity contribution is 5.95. The van der Waals surface area contributed by atoms with Gasteiger partial charge in [-0.3, -0.25) is 0 Å². The Morgan fingerprint density at radius 3 is 2.36 bits per heavy atom. The molecule has 0 N–H and O–H groups in total. The van der Waals surface area contributed by atoms with Crippen molar-refractivity contribution in [2.45, 2.75) is 33.1 Å². The molecule has 3 aromatic carbocycles. The Bertz CT molecular complexity index is 1310. The Kier molecular flexibility index (Phi) is 3.32. The van der Waals surface area contributed by atoms with E-state index >= 15 is 0 Å². The average molecular weight is 366 g/mol. The van der Waals surface area contributed by atoms with E-state index in [1.807, 2.05) is 13.0 Å². The zero-order chi connectivity index (χ0) is 20.5. The Morgan fingerprint density at radius 2 is 1.54 bits per heavy atom. The minimum Gasteiger partial charge on any atom is -0.198 e. The van der Waals surface area contributed by atoms with Crippen LogP contribution in [0.3, 0.4) is 0 Å². The monoisotopic (exact) mass is 365 g/mol. The van der Waals surface area contributed by atoms with Crippen molar-refractivity contribution in [2.24, 2.45) is 7.05 Å². The standard InChI is InChI=1S/C27H26N/c1-17-14-23-21-12-8-9-13-24(21)27(3,4)25(23)16-22(17)26-20-11-7-6-10-19(20)15-18(2)28(26)5/h6-16H,1-5H3/q+1/i15D. The van der Waals surface area contributed by atoms with Crippen LogP contribution in [0, 0.1) is 13.8 Å². The molecule has 4 aromatic rings. The van der Waals surface area contributed by atoms with Gasteiger partial charge in [0, 0.05) is 18.4 Å². The van der Waals surface area contributed by atoms with Crippen molar-refractivity contribution in [1.29, 1.82) is 0 Å². The number of hydrogen-bond donors (Lipinski definition) is 0. The minimum atomic E-state index is -0.0207. The molecule has 1 aliphatic carbocycles. The molecule has 0 unspecified atom stereocenters. The van der Waals surface area contributed by atoms with Crippen LogP contribution in [0.1, 0.15) is 37.6 Å². The lowest BCUT2D eigenvalue weighted by atomic mass is 9.81. The summed E-state index contributed by atoms with van der Waals surface area (Å²) in [5.41, 5.74) is 10.2. The molecule has 0 saturated carbocycles. The maximum atomic E-state index is 8.59. The smallest absolute Gasteiger partial charge is 0.198 e. The van der Waals surface area contributed by atoms with Crippen LogP contribution in [0.15, 0.2) is 66.7 Å².